The van der Waals surface area contributed by atoms with Gasteiger partial charge in [-0.3, -0.25) is 10.2 Å². The third-order valence-corrected chi connectivity index (χ3v) is 6.29. The quantitative estimate of drug-likeness (QED) is 0.269. The average Bonchev–Trinajstić information content (AvgIpc) is 3.26. The Morgan fingerprint density at radius 3 is 2.46 bits per heavy atom. The zero-order chi connectivity index (χ0) is 24.7. The monoisotopic (exact) mass is 537 g/mol. The van der Waals surface area contributed by atoms with E-state index in [-0.39, 0.29) is 12.5 Å². The maximum Gasteiger partial charge on any atom is 0.266 e. The van der Waals surface area contributed by atoms with E-state index < -0.39 is 11.6 Å². The van der Waals surface area contributed by atoms with E-state index in [2.05, 4.69) is 26.8 Å². The Hall–Kier alpha value is -3.20. The molecule has 182 valence electrons. The average molecular weight is 538 g/mol. The molecule has 4 rings (SSSR count). The Bertz CT molecular complexity index is 1150. The van der Waals surface area contributed by atoms with Crippen molar-refractivity contribution in [2.24, 2.45) is 4.99 Å². The molecule has 7 nitrogen and oxygen atoms in total. The maximum atomic E-state index is 13.6. The molecular formula is C27H28BrN3O4. The predicted molar refractivity (Wildman–Crippen MR) is 138 cm³/mol. The van der Waals surface area contributed by atoms with Gasteiger partial charge in [0.15, 0.2) is 11.6 Å². The molecule has 0 unspecified atom stereocenters. The van der Waals surface area contributed by atoms with Crippen molar-refractivity contribution in [3.63, 3.8) is 0 Å². The highest BCUT2D eigenvalue weighted by Gasteiger charge is 2.53. The molecule has 1 amide bonds. The van der Waals surface area contributed by atoms with Crippen molar-refractivity contribution >= 4 is 27.7 Å². The van der Waals surface area contributed by atoms with Crippen molar-refractivity contribution < 1.29 is 19.4 Å². The van der Waals surface area contributed by atoms with Crippen LogP contribution in [0.2, 0.25) is 0 Å². The molecule has 3 aromatic rings. The zero-order valence-corrected chi connectivity index (χ0v) is 21.0. The normalized spacial score (nSPS) is 19.1. The molecule has 2 atom stereocenters. The largest absolute Gasteiger partial charge is 0.494 e. The van der Waals surface area contributed by atoms with Crippen LogP contribution in [0.5, 0.6) is 5.75 Å². The van der Waals surface area contributed by atoms with E-state index >= 15 is 0 Å². The third-order valence-electron chi connectivity index (χ3n) is 5.76. The Kier molecular flexibility index (Phi) is 8.17. The lowest BCUT2D eigenvalue weighted by atomic mass is 9.82. The first kappa shape index (κ1) is 24.9. The summed E-state index contributed by atoms with van der Waals surface area (Å²) >= 11 is 3.48. The van der Waals surface area contributed by atoms with E-state index in [1.165, 1.54) is 0 Å². The molecule has 1 aliphatic heterocycles. The van der Waals surface area contributed by atoms with Crippen molar-refractivity contribution in [1.29, 1.82) is 0 Å². The van der Waals surface area contributed by atoms with Gasteiger partial charge in [-0.1, -0.05) is 58.4 Å². The van der Waals surface area contributed by atoms with E-state index in [0.29, 0.717) is 31.1 Å². The Labute approximate surface area is 213 Å². The second kappa shape index (κ2) is 11.5. The number of amides is 1. The molecule has 0 aliphatic carbocycles. The van der Waals surface area contributed by atoms with Crippen LogP contribution in [0.3, 0.4) is 0 Å². The van der Waals surface area contributed by atoms with Crippen LogP contribution in [0.25, 0.3) is 0 Å². The molecule has 1 aliphatic rings. The molecule has 0 saturated heterocycles. The number of hydrogen-bond donors (Lipinski definition) is 3. The fourth-order valence-electron chi connectivity index (χ4n) is 4.05. The van der Waals surface area contributed by atoms with Gasteiger partial charge in [-0.25, -0.2) is 10.4 Å². The summed E-state index contributed by atoms with van der Waals surface area (Å²) in [5.41, 5.74) is 6.83. The maximum absolute atomic E-state index is 13.6. The van der Waals surface area contributed by atoms with Gasteiger partial charge in [0.1, 0.15) is 5.75 Å². The summed E-state index contributed by atoms with van der Waals surface area (Å²) in [7, 11) is 1.65. The van der Waals surface area contributed by atoms with E-state index in [4.69, 9.17) is 19.6 Å². The molecule has 0 radical (unpaired) electrons. The molecule has 0 bridgehead atoms. The van der Waals surface area contributed by atoms with Gasteiger partial charge in [0.25, 0.3) is 5.91 Å². The van der Waals surface area contributed by atoms with Crippen LogP contribution in [0, 0.1) is 0 Å². The number of nitrogens with zero attached hydrogens (tertiary/aromatic N) is 1. The van der Waals surface area contributed by atoms with Crippen molar-refractivity contribution in [1.82, 2.24) is 10.9 Å². The van der Waals surface area contributed by atoms with Crippen molar-refractivity contribution in [3.05, 3.63) is 100 Å². The number of halogens is 1. The number of carbonyl (C=O) groups is 1. The first-order valence-corrected chi connectivity index (χ1v) is 12.2. The molecule has 0 aromatic heterocycles. The van der Waals surface area contributed by atoms with E-state index in [9.17, 15) is 4.79 Å². The Morgan fingerprint density at radius 2 is 1.80 bits per heavy atom. The lowest BCUT2D eigenvalue weighted by molar-refractivity contribution is -0.129. The number of hydrogen-bond acceptors (Lipinski definition) is 6. The highest BCUT2D eigenvalue weighted by atomic mass is 79.9. The summed E-state index contributed by atoms with van der Waals surface area (Å²) in [5.74, 6) is 0.798. The van der Waals surface area contributed by atoms with Gasteiger partial charge >= 0.3 is 0 Å². The third kappa shape index (κ3) is 5.73. The number of ether oxygens (including phenoxy) is 2. The molecule has 0 spiro atoms. The molecular weight excluding hydrogens is 510 g/mol. The number of benzene rings is 3. The van der Waals surface area contributed by atoms with Crippen molar-refractivity contribution in [2.45, 2.75) is 24.5 Å². The molecule has 0 saturated carbocycles. The number of aliphatic hydroxyl groups is 1. The summed E-state index contributed by atoms with van der Waals surface area (Å²) in [4.78, 5) is 18.5. The van der Waals surface area contributed by atoms with E-state index in [1.54, 1.807) is 7.05 Å². The second-order valence-electron chi connectivity index (χ2n) is 8.21. The van der Waals surface area contributed by atoms with Crippen LogP contribution in [0.4, 0.5) is 0 Å². The van der Waals surface area contributed by atoms with Crippen molar-refractivity contribution in [2.75, 3.05) is 20.3 Å². The minimum atomic E-state index is -1.23. The number of hydrazine groups is 1. The number of rotatable bonds is 10. The summed E-state index contributed by atoms with van der Waals surface area (Å²) in [5, 5.41) is 8.95. The lowest BCUT2D eigenvalue weighted by Gasteiger charge is -2.30. The van der Waals surface area contributed by atoms with Gasteiger partial charge in [-0.05, 0) is 47.5 Å². The van der Waals surface area contributed by atoms with Gasteiger partial charge in [0.2, 0.25) is 5.90 Å². The van der Waals surface area contributed by atoms with Crippen LogP contribution in [0.15, 0.2) is 88.3 Å². The standard InChI is InChI=1S/C27H28BrN3O4/c1-29-31-26(33)27(18-19-6-3-2-4-7-19)24(20-8-12-22(28)13-9-20)35-25(30-27)21-10-14-23(15-11-21)34-17-5-16-32/h2-4,6-15,24,29,32H,5,16-18H2,1H3,(H,31,33)/t24-,27-/m0/s1. The van der Waals surface area contributed by atoms with Crippen LogP contribution in [-0.2, 0) is 16.0 Å². The first-order valence-electron chi connectivity index (χ1n) is 11.4. The lowest BCUT2D eigenvalue weighted by Crippen LogP contribution is -2.53. The molecule has 0 fully saturated rings. The highest BCUT2D eigenvalue weighted by molar-refractivity contribution is 9.10. The van der Waals surface area contributed by atoms with Gasteiger partial charge in [0.05, 0.1) is 6.61 Å². The summed E-state index contributed by atoms with van der Waals surface area (Å²) in [6.07, 6.45) is 0.280. The zero-order valence-electron chi connectivity index (χ0n) is 19.4. The second-order valence-corrected chi connectivity index (χ2v) is 9.12. The number of carbonyl (C=O) groups excluding carboxylic acids is 1. The van der Waals surface area contributed by atoms with Crippen LogP contribution in [0.1, 0.15) is 29.2 Å². The fraction of sp³-hybridized carbons (Fsp3) is 0.259. The summed E-state index contributed by atoms with van der Waals surface area (Å²) in [6.45, 7) is 0.516. The Morgan fingerprint density at radius 1 is 1.09 bits per heavy atom. The molecule has 3 aromatic carbocycles. The van der Waals surface area contributed by atoms with Crippen LogP contribution >= 0.6 is 15.9 Å². The molecule has 35 heavy (non-hydrogen) atoms. The van der Waals surface area contributed by atoms with Gasteiger partial charge in [-0.15, -0.1) is 0 Å². The highest BCUT2D eigenvalue weighted by Crippen LogP contribution is 2.42. The van der Waals surface area contributed by atoms with Crippen molar-refractivity contribution in [3.8, 4) is 5.75 Å². The van der Waals surface area contributed by atoms with Crippen LogP contribution in [-0.4, -0.2) is 42.7 Å². The Balaban J connectivity index is 1.74. The van der Waals surface area contributed by atoms with Gasteiger partial charge in [-0.2, -0.15) is 0 Å². The summed E-state index contributed by atoms with van der Waals surface area (Å²) in [6, 6.07) is 24.9. The topological polar surface area (TPSA) is 92.2 Å². The molecule has 8 heteroatoms. The minimum Gasteiger partial charge on any atom is -0.494 e. The number of nitrogens with one attached hydrogen (secondary N) is 2. The SMILES string of the molecule is CNNC(=O)[C@@]1(Cc2ccccc2)N=C(c2ccc(OCCCO)cc2)O[C@H]1c1ccc(Br)cc1. The van der Waals surface area contributed by atoms with E-state index in [1.807, 2.05) is 78.9 Å². The first-order chi connectivity index (χ1) is 17.1. The molecule has 1 heterocycles. The predicted octanol–water partition coefficient (Wildman–Crippen LogP) is 3.96. The van der Waals surface area contributed by atoms with Gasteiger partial charge in [0, 0.05) is 36.5 Å². The number of aliphatic hydroxyl groups excluding tert-OH is 1. The molecule has 3 N–H and O–H groups in total. The van der Waals surface area contributed by atoms with Crippen LogP contribution < -0.4 is 15.6 Å². The minimum absolute atomic E-state index is 0.0817. The summed E-state index contributed by atoms with van der Waals surface area (Å²) < 4.78 is 13.0. The van der Waals surface area contributed by atoms with E-state index in [0.717, 1.165) is 21.2 Å². The fourth-order valence-corrected chi connectivity index (χ4v) is 4.31. The van der Waals surface area contributed by atoms with Gasteiger partial charge < -0.3 is 14.6 Å². The number of aliphatic imine (C=N–C) groups is 1. The smallest absolute Gasteiger partial charge is 0.266 e.